The molecule has 0 spiro atoms. The maximum atomic E-state index is 12.0. The Labute approximate surface area is 151 Å². The summed E-state index contributed by atoms with van der Waals surface area (Å²) in [5, 5.41) is 7.67. The number of carbonyl (C=O) groups excluding carboxylic acids is 1. The highest BCUT2D eigenvalue weighted by molar-refractivity contribution is 6.01. The highest BCUT2D eigenvalue weighted by atomic mass is 16.2. The quantitative estimate of drug-likeness (QED) is 0.433. The molecule has 4 heteroatoms. The topological polar surface area (TPSA) is 53.5 Å². The molecule has 1 aliphatic carbocycles. The number of aryl methyl sites for hydroxylation is 1. The van der Waals surface area contributed by atoms with Crippen LogP contribution in [-0.2, 0) is 4.79 Å². The van der Waals surface area contributed by atoms with Gasteiger partial charge in [0, 0.05) is 18.7 Å². The number of anilines is 1. The van der Waals surface area contributed by atoms with Gasteiger partial charge in [0.1, 0.15) is 0 Å². The standard InChI is InChI=1S/C21H29N3O/c1-15(2)18-11-10-17(4)20(14-18)23-24-21(25)9-6-12-22-19-8-5-7-16(3)13-19/h5,7-8,10,13,18,22H,1,6,9,11-12,14H2,2-4H3,(H,24,25)/b23-20-/t18-/m1/s1. The number of rotatable bonds is 7. The van der Waals surface area contributed by atoms with Gasteiger partial charge in [0.15, 0.2) is 0 Å². The van der Waals surface area contributed by atoms with Crippen molar-refractivity contribution in [3.63, 3.8) is 0 Å². The van der Waals surface area contributed by atoms with E-state index in [4.69, 9.17) is 0 Å². The Bertz CT molecular complexity index is 688. The van der Waals surface area contributed by atoms with Crippen LogP contribution in [0.1, 0.15) is 45.1 Å². The van der Waals surface area contributed by atoms with E-state index in [1.165, 1.54) is 11.1 Å². The van der Waals surface area contributed by atoms with E-state index in [-0.39, 0.29) is 5.91 Å². The van der Waals surface area contributed by atoms with Gasteiger partial charge in [0.25, 0.3) is 0 Å². The summed E-state index contributed by atoms with van der Waals surface area (Å²) in [6.45, 7) is 11.0. The Morgan fingerprint density at radius 2 is 2.16 bits per heavy atom. The van der Waals surface area contributed by atoms with Gasteiger partial charge >= 0.3 is 0 Å². The molecule has 0 fully saturated rings. The summed E-state index contributed by atoms with van der Waals surface area (Å²) in [4.78, 5) is 12.0. The van der Waals surface area contributed by atoms with Crippen LogP contribution in [0.15, 0.2) is 53.2 Å². The summed E-state index contributed by atoms with van der Waals surface area (Å²) in [6, 6.07) is 8.23. The average molecular weight is 339 g/mol. The average Bonchev–Trinajstić information content (AvgIpc) is 2.58. The number of hydrogen-bond acceptors (Lipinski definition) is 3. The van der Waals surface area contributed by atoms with E-state index in [9.17, 15) is 4.79 Å². The van der Waals surface area contributed by atoms with Gasteiger partial charge in [-0.05, 0) is 69.2 Å². The number of carbonyl (C=O) groups is 1. The molecule has 1 aromatic rings. The van der Waals surface area contributed by atoms with Crippen molar-refractivity contribution in [3.05, 3.63) is 53.6 Å². The van der Waals surface area contributed by atoms with Crippen LogP contribution in [-0.4, -0.2) is 18.2 Å². The van der Waals surface area contributed by atoms with Crippen LogP contribution >= 0.6 is 0 Å². The smallest absolute Gasteiger partial charge is 0.240 e. The molecule has 0 heterocycles. The Hall–Kier alpha value is -2.36. The molecule has 0 aromatic heterocycles. The molecule has 134 valence electrons. The predicted molar refractivity (Wildman–Crippen MR) is 106 cm³/mol. The van der Waals surface area contributed by atoms with Crippen molar-refractivity contribution in [1.82, 2.24) is 5.43 Å². The van der Waals surface area contributed by atoms with Gasteiger partial charge in [-0.25, -0.2) is 5.43 Å². The van der Waals surface area contributed by atoms with Crippen molar-refractivity contribution in [2.75, 3.05) is 11.9 Å². The Morgan fingerprint density at radius 1 is 1.36 bits per heavy atom. The van der Waals surface area contributed by atoms with Crippen LogP contribution in [0, 0.1) is 12.8 Å². The van der Waals surface area contributed by atoms with Crippen molar-refractivity contribution < 1.29 is 4.79 Å². The third kappa shape index (κ3) is 6.22. The summed E-state index contributed by atoms with van der Waals surface area (Å²) < 4.78 is 0. The Kier molecular flexibility index (Phi) is 6.99. The van der Waals surface area contributed by atoms with Crippen molar-refractivity contribution in [1.29, 1.82) is 0 Å². The zero-order valence-electron chi connectivity index (χ0n) is 15.6. The molecular formula is C21H29N3O. The lowest BCUT2D eigenvalue weighted by molar-refractivity contribution is -0.121. The monoisotopic (exact) mass is 339 g/mol. The molecule has 1 aromatic carbocycles. The molecule has 0 saturated heterocycles. The largest absolute Gasteiger partial charge is 0.385 e. The Balaban J connectivity index is 1.73. The number of hydrazone groups is 1. The lowest BCUT2D eigenvalue weighted by Gasteiger charge is -2.22. The molecule has 0 bridgehead atoms. The van der Waals surface area contributed by atoms with Crippen molar-refractivity contribution in [2.45, 2.75) is 46.5 Å². The van der Waals surface area contributed by atoms with Gasteiger partial charge in [0.05, 0.1) is 5.71 Å². The van der Waals surface area contributed by atoms with Gasteiger partial charge < -0.3 is 5.32 Å². The number of nitrogens with zero attached hydrogens (tertiary/aromatic N) is 1. The van der Waals surface area contributed by atoms with Gasteiger partial charge in [-0.2, -0.15) is 5.10 Å². The van der Waals surface area contributed by atoms with E-state index in [0.717, 1.165) is 42.8 Å². The second-order valence-electron chi connectivity index (χ2n) is 6.86. The first-order valence-corrected chi connectivity index (χ1v) is 8.94. The molecule has 0 saturated carbocycles. The van der Waals surface area contributed by atoms with Crippen molar-refractivity contribution >= 4 is 17.3 Å². The predicted octanol–water partition coefficient (Wildman–Crippen LogP) is 4.59. The van der Waals surface area contributed by atoms with Crippen LogP contribution in [0.2, 0.25) is 0 Å². The third-order valence-electron chi connectivity index (χ3n) is 4.54. The number of nitrogens with one attached hydrogen (secondary N) is 2. The molecule has 1 aliphatic rings. The highest BCUT2D eigenvalue weighted by Gasteiger charge is 2.18. The van der Waals surface area contributed by atoms with Crippen molar-refractivity contribution in [3.8, 4) is 0 Å². The second-order valence-corrected chi connectivity index (χ2v) is 6.86. The number of amides is 1. The fraction of sp³-hybridized carbons (Fsp3) is 0.429. The van der Waals surface area contributed by atoms with Crippen molar-refractivity contribution in [2.24, 2.45) is 11.0 Å². The summed E-state index contributed by atoms with van der Waals surface area (Å²) >= 11 is 0. The van der Waals surface area contributed by atoms with Gasteiger partial charge in [-0.3, -0.25) is 4.79 Å². The molecule has 25 heavy (non-hydrogen) atoms. The molecule has 4 nitrogen and oxygen atoms in total. The fourth-order valence-corrected chi connectivity index (χ4v) is 2.85. The van der Waals surface area contributed by atoms with E-state index in [0.29, 0.717) is 12.3 Å². The number of hydrogen-bond donors (Lipinski definition) is 2. The summed E-state index contributed by atoms with van der Waals surface area (Å²) in [5.74, 6) is 0.390. The fourth-order valence-electron chi connectivity index (χ4n) is 2.85. The SMILES string of the molecule is C=C(C)[C@@H]1CC=C(C)/C(=N\NC(=O)CCCNc2cccc(C)c2)C1. The minimum atomic E-state index is -0.0382. The van der Waals surface area contributed by atoms with E-state index in [1.807, 2.05) is 19.1 Å². The zero-order valence-corrected chi connectivity index (χ0v) is 15.6. The van der Waals surface area contributed by atoms with E-state index >= 15 is 0 Å². The van der Waals surface area contributed by atoms with Crippen LogP contribution in [0.25, 0.3) is 0 Å². The summed E-state index contributed by atoms with van der Waals surface area (Å²) in [6.07, 6.45) is 5.28. The van der Waals surface area contributed by atoms with Crippen LogP contribution in [0.3, 0.4) is 0 Å². The first-order valence-electron chi connectivity index (χ1n) is 8.94. The summed E-state index contributed by atoms with van der Waals surface area (Å²) in [5.41, 5.74) is 8.30. The molecular weight excluding hydrogens is 310 g/mol. The van der Waals surface area contributed by atoms with Crippen LogP contribution in [0.5, 0.6) is 0 Å². The molecule has 2 N–H and O–H groups in total. The third-order valence-corrected chi connectivity index (χ3v) is 4.54. The highest BCUT2D eigenvalue weighted by Crippen LogP contribution is 2.26. The summed E-state index contributed by atoms with van der Waals surface area (Å²) in [7, 11) is 0. The lowest BCUT2D eigenvalue weighted by Crippen LogP contribution is -2.23. The number of allylic oxidation sites excluding steroid dienone is 3. The maximum Gasteiger partial charge on any atom is 0.240 e. The molecule has 1 atom stereocenters. The normalized spacial score (nSPS) is 18.6. The van der Waals surface area contributed by atoms with Crippen LogP contribution < -0.4 is 10.7 Å². The van der Waals surface area contributed by atoms with Gasteiger partial charge in [0.2, 0.25) is 5.91 Å². The maximum absolute atomic E-state index is 12.0. The minimum Gasteiger partial charge on any atom is -0.385 e. The molecule has 0 unspecified atom stereocenters. The molecule has 0 aliphatic heterocycles. The van der Waals surface area contributed by atoms with Crippen LogP contribution in [0.4, 0.5) is 5.69 Å². The zero-order chi connectivity index (χ0) is 18.2. The van der Waals surface area contributed by atoms with E-state index in [1.54, 1.807) is 0 Å². The first-order chi connectivity index (χ1) is 12.0. The lowest BCUT2D eigenvalue weighted by atomic mass is 9.85. The first kappa shape index (κ1) is 19.0. The minimum absolute atomic E-state index is 0.0382. The van der Waals surface area contributed by atoms with Gasteiger partial charge in [-0.15, -0.1) is 0 Å². The molecule has 1 amide bonds. The molecule has 2 rings (SSSR count). The second kappa shape index (κ2) is 9.21. The number of benzene rings is 1. The Morgan fingerprint density at radius 3 is 2.88 bits per heavy atom. The van der Waals surface area contributed by atoms with E-state index in [2.05, 4.69) is 54.5 Å². The molecule has 0 radical (unpaired) electrons. The van der Waals surface area contributed by atoms with Gasteiger partial charge in [-0.1, -0.05) is 30.4 Å². The van der Waals surface area contributed by atoms with E-state index < -0.39 is 0 Å².